The zero-order chi connectivity index (χ0) is 16.8. The molecule has 24 heavy (non-hydrogen) atoms. The van der Waals surface area contributed by atoms with Gasteiger partial charge in [0, 0.05) is 13.1 Å². The first-order valence-electron chi connectivity index (χ1n) is 8.07. The van der Waals surface area contributed by atoms with Gasteiger partial charge in [-0.2, -0.15) is 10.2 Å². The van der Waals surface area contributed by atoms with Gasteiger partial charge in [0.25, 0.3) is 5.89 Å². The molecule has 0 aliphatic carbocycles. The first-order chi connectivity index (χ1) is 11.7. The summed E-state index contributed by atoms with van der Waals surface area (Å²) in [6, 6.07) is 9.62. The van der Waals surface area contributed by atoms with Crippen LogP contribution in [0.3, 0.4) is 0 Å². The number of nitrogens with one attached hydrogen (secondary N) is 1. The van der Waals surface area contributed by atoms with Gasteiger partial charge in [-0.1, -0.05) is 29.4 Å². The van der Waals surface area contributed by atoms with Gasteiger partial charge in [-0.3, -0.25) is 0 Å². The molecular formula is C18H20N4O2. The summed E-state index contributed by atoms with van der Waals surface area (Å²) in [7, 11) is 0. The van der Waals surface area contributed by atoms with Crippen LogP contribution in [-0.4, -0.2) is 29.3 Å². The predicted octanol–water partition coefficient (Wildman–Crippen LogP) is 2.77. The summed E-state index contributed by atoms with van der Waals surface area (Å²) in [4.78, 5) is 4.23. The largest absolute Gasteiger partial charge is 0.364 e. The van der Waals surface area contributed by atoms with Gasteiger partial charge >= 0.3 is 0 Å². The molecule has 1 aliphatic rings. The van der Waals surface area contributed by atoms with Crippen LogP contribution in [0.25, 0.3) is 6.08 Å². The minimum absolute atomic E-state index is 0.0767. The Labute approximate surface area is 141 Å². The third-order valence-electron chi connectivity index (χ3n) is 3.91. The zero-order valence-electron chi connectivity index (χ0n) is 13.6. The minimum Gasteiger partial charge on any atom is -0.364 e. The predicted molar refractivity (Wildman–Crippen MR) is 88.9 cm³/mol. The Balaban J connectivity index is 1.38. The number of ether oxygens (including phenoxy) is 1. The molecule has 1 aromatic carbocycles. The number of aromatic nitrogens is 2. The fourth-order valence-corrected chi connectivity index (χ4v) is 2.67. The Kier molecular flexibility index (Phi) is 5.36. The second kappa shape index (κ2) is 7.86. The monoisotopic (exact) mass is 324 g/mol. The fraction of sp³-hybridized carbons (Fsp3) is 0.389. The molecule has 0 spiro atoms. The number of nitrogens with zero attached hydrogens (tertiary/aromatic N) is 3. The maximum atomic E-state index is 8.77. The minimum atomic E-state index is -0.0767. The molecule has 2 atom stereocenters. The van der Waals surface area contributed by atoms with Crippen molar-refractivity contribution in [1.29, 1.82) is 5.26 Å². The van der Waals surface area contributed by atoms with Crippen LogP contribution in [0.2, 0.25) is 0 Å². The number of nitriles is 1. The molecule has 0 amide bonds. The van der Waals surface area contributed by atoms with Gasteiger partial charge < -0.3 is 14.6 Å². The summed E-state index contributed by atoms with van der Waals surface area (Å²) in [6.45, 7) is 3.37. The van der Waals surface area contributed by atoms with Crippen molar-refractivity contribution in [2.24, 2.45) is 0 Å². The molecule has 0 unspecified atom stereocenters. The molecule has 1 aromatic heterocycles. The highest BCUT2D eigenvalue weighted by Gasteiger charge is 2.29. The highest BCUT2D eigenvalue weighted by atomic mass is 16.5. The van der Waals surface area contributed by atoms with Crippen molar-refractivity contribution >= 4 is 6.08 Å². The summed E-state index contributed by atoms with van der Waals surface area (Å²) in [5.74, 6) is 1.22. The number of benzene rings is 1. The van der Waals surface area contributed by atoms with Crippen molar-refractivity contribution < 1.29 is 9.26 Å². The lowest BCUT2D eigenvalue weighted by Gasteiger charge is -2.11. The van der Waals surface area contributed by atoms with Gasteiger partial charge in [0.05, 0.1) is 17.7 Å². The van der Waals surface area contributed by atoms with Crippen molar-refractivity contribution in [2.45, 2.75) is 32.0 Å². The molecule has 6 nitrogen and oxygen atoms in total. The lowest BCUT2D eigenvalue weighted by molar-refractivity contribution is 0.0270. The maximum absolute atomic E-state index is 8.77. The molecule has 3 rings (SSSR count). The van der Waals surface area contributed by atoms with Crippen molar-refractivity contribution in [3.8, 4) is 6.07 Å². The normalized spacial score (nSPS) is 20.5. The Bertz CT molecular complexity index is 730. The highest BCUT2D eigenvalue weighted by Crippen LogP contribution is 2.31. The van der Waals surface area contributed by atoms with Gasteiger partial charge in [-0.25, -0.2) is 0 Å². The molecule has 6 heteroatoms. The molecule has 2 aromatic rings. The van der Waals surface area contributed by atoms with Crippen LogP contribution >= 0.6 is 0 Å². The van der Waals surface area contributed by atoms with E-state index in [2.05, 4.69) is 27.6 Å². The summed E-state index contributed by atoms with van der Waals surface area (Å²) >= 11 is 0. The standard InChI is InChI=1S/C18H20N4O2/c1-13-21-18(24-22-13)17-9-8-16(23-17)12-20-10-2-3-14-4-6-15(11-19)7-5-14/h2-7,16-17,20H,8-10,12H2,1H3/t16-,17+/m1/s1. The van der Waals surface area contributed by atoms with Crippen LogP contribution in [0.4, 0.5) is 0 Å². The van der Waals surface area contributed by atoms with E-state index in [9.17, 15) is 0 Å². The van der Waals surface area contributed by atoms with Gasteiger partial charge in [0.1, 0.15) is 6.10 Å². The third kappa shape index (κ3) is 4.28. The summed E-state index contributed by atoms with van der Waals surface area (Å²) in [6.07, 6.45) is 6.09. The molecule has 1 aliphatic heterocycles. The van der Waals surface area contributed by atoms with Crippen LogP contribution in [0.5, 0.6) is 0 Å². The molecule has 0 radical (unpaired) electrons. The van der Waals surface area contributed by atoms with Gasteiger partial charge in [0.2, 0.25) is 0 Å². The summed E-state index contributed by atoms with van der Waals surface area (Å²) < 4.78 is 11.1. The van der Waals surface area contributed by atoms with E-state index in [1.807, 2.05) is 30.3 Å². The number of rotatable bonds is 6. The van der Waals surface area contributed by atoms with Crippen molar-refractivity contribution in [3.05, 3.63) is 53.2 Å². The first kappa shape index (κ1) is 16.4. The van der Waals surface area contributed by atoms with E-state index in [1.54, 1.807) is 6.92 Å². The van der Waals surface area contributed by atoms with E-state index in [-0.39, 0.29) is 12.2 Å². The Morgan fingerprint density at radius 2 is 2.17 bits per heavy atom. The van der Waals surface area contributed by atoms with Crippen LogP contribution in [0.1, 0.15) is 41.8 Å². The van der Waals surface area contributed by atoms with Crippen LogP contribution in [0.15, 0.2) is 34.9 Å². The average molecular weight is 324 g/mol. The van der Waals surface area contributed by atoms with E-state index in [4.69, 9.17) is 14.5 Å². The molecule has 0 bridgehead atoms. The molecule has 2 heterocycles. The topological polar surface area (TPSA) is 84.0 Å². The molecule has 1 N–H and O–H groups in total. The maximum Gasteiger partial charge on any atom is 0.255 e. The fourth-order valence-electron chi connectivity index (χ4n) is 2.67. The molecular weight excluding hydrogens is 304 g/mol. The van der Waals surface area contributed by atoms with Gasteiger partial charge in [-0.15, -0.1) is 0 Å². The van der Waals surface area contributed by atoms with E-state index in [0.29, 0.717) is 17.3 Å². The summed E-state index contributed by atoms with van der Waals surface area (Å²) in [5.41, 5.74) is 1.76. The number of aryl methyl sites for hydroxylation is 1. The Morgan fingerprint density at radius 3 is 2.88 bits per heavy atom. The van der Waals surface area contributed by atoms with E-state index < -0.39 is 0 Å². The lowest BCUT2D eigenvalue weighted by atomic mass is 10.1. The smallest absolute Gasteiger partial charge is 0.255 e. The van der Waals surface area contributed by atoms with Crippen molar-refractivity contribution in [1.82, 2.24) is 15.5 Å². The second-order valence-corrected chi connectivity index (χ2v) is 5.80. The number of hydrogen-bond acceptors (Lipinski definition) is 6. The SMILES string of the molecule is Cc1noc([C@@H]2CC[C@H](CNCC=Cc3ccc(C#N)cc3)O2)n1. The molecule has 1 fully saturated rings. The van der Waals surface area contributed by atoms with Gasteiger partial charge in [-0.05, 0) is 37.5 Å². The average Bonchev–Trinajstić information content (AvgIpc) is 3.24. The quantitative estimate of drug-likeness (QED) is 0.823. The first-order valence-corrected chi connectivity index (χ1v) is 8.07. The molecule has 0 saturated carbocycles. The van der Waals surface area contributed by atoms with Crippen molar-refractivity contribution in [2.75, 3.05) is 13.1 Å². The molecule has 1 saturated heterocycles. The Morgan fingerprint density at radius 1 is 1.33 bits per heavy atom. The van der Waals surface area contributed by atoms with E-state index in [1.165, 1.54) is 0 Å². The van der Waals surface area contributed by atoms with E-state index >= 15 is 0 Å². The summed E-state index contributed by atoms with van der Waals surface area (Å²) in [5, 5.41) is 15.9. The lowest BCUT2D eigenvalue weighted by Crippen LogP contribution is -2.26. The van der Waals surface area contributed by atoms with Crippen molar-refractivity contribution in [3.63, 3.8) is 0 Å². The molecule has 124 valence electrons. The Hall–Kier alpha value is -2.49. The van der Waals surface area contributed by atoms with Crippen LogP contribution < -0.4 is 5.32 Å². The van der Waals surface area contributed by atoms with Gasteiger partial charge in [0.15, 0.2) is 5.82 Å². The van der Waals surface area contributed by atoms with E-state index in [0.717, 1.165) is 31.5 Å². The van der Waals surface area contributed by atoms with Crippen LogP contribution in [0, 0.1) is 18.3 Å². The zero-order valence-corrected chi connectivity index (χ0v) is 13.6. The third-order valence-corrected chi connectivity index (χ3v) is 3.91. The number of hydrogen-bond donors (Lipinski definition) is 1. The van der Waals surface area contributed by atoms with Crippen LogP contribution in [-0.2, 0) is 4.74 Å². The second-order valence-electron chi connectivity index (χ2n) is 5.80. The highest BCUT2D eigenvalue weighted by molar-refractivity contribution is 5.51.